The average Bonchev–Trinajstić information content (AvgIpc) is 3.36. The number of ether oxygens (including phenoxy) is 1. The van der Waals surface area contributed by atoms with Crippen LogP contribution in [-0.2, 0) is 33.6 Å². The van der Waals surface area contributed by atoms with Crippen molar-refractivity contribution in [2.75, 3.05) is 13.2 Å². The molecule has 1 heterocycles. The highest BCUT2D eigenvalue weighted by Gasteiger charge is 2.22. The Bertz CT molecular complexity index is 1320. The van der Waals surface area contributed by atoms with Gasteiger partial charge in [0.2, 0.25) is 5.91 Å². The number of fused-ring (bicyclic) bond motifs is 3. The number of hydrogen-bond donors (Lipinski definition) is 3. The fourth-order valence-corrected chi connectivity index (χ4v) is 4.37. The molecule has 9 nitrogen and oxygen atoms in total. The van der Waals surface area contributed by atoms with Gasteiger partial charge in [-0.15, -0.1) is 0 Å². The van der Waals surface area contributed by atoms with Gasteiger partial charge in [-0.05, 0) is 48.9 Å². The first-order valence-electron chi connectivity index (χ1n) is 11.9. The summed E-state index contributed by atoms with van der Waals surface area (Å²) < 4.78 is 11.1. The predicted octanol–water partition coefficient (Wildman–Crippen LogP) is 2.37. The minimum Gasteiger partial charge on any atom is -0.484 e. The lowest BCUT2D eigenvalue weighted by atomic mass is 10.1. The molecule has 3 aromatic rings. The summed E-state index contributed by atoms with van der Waals surface area (Å²) in [4.78, 5) is 48.3. The molecule has 0 radical (unpaired) electrons. The van der Waals surface area contributed by atoms with Crippen molar-refractivity contribution >= 4 is 28.8 Å². The summed E-state index contributed by atoms with van der Waals surface area (Å²) in [7, 11) is 0. The third-order valence-corrected chi connectivity index (χ3v) is 6.12. The van der Waals surface area contributed by atoms with Gasteiger partial charge in [-0.3, -0.25) is 14.4 Å². The lowest BCUT2D eigenvalue weighted by molar-refractivity contribution is -0.137. The van der Waals surface area contributed by atoms with E-state index in [0.29, 0.717) is 11.3 Å². The molecule has 1 aliphatic carbocycles. The highest BCUT2D eigenvalue weighted by molar-refractivity contribution is 5.88. The Kier molecular flexibility index (Phi) is 7.99. The second-order valence-corrected chi connectivity index (χ2v) is 8.74. The van der Waals surface area contributed by atoms with Gasteiger partial charge in [-0.1, -0.05) is 30.3 Å². The van der Waals surface area contributed by atoms with Gasteiger partial charge in [-0.25, -0.2) is 4.79 Å². The average molecular weight is 493 g/mol. The predicted molar refractivity (Wildman–Crippen MR) is 132 cm³/mol. The van der Waals surface area contributed by atoms with Crippen molar-refractivity contribution in [1.82, 2.24) is 10.6 Å². The maximum atomic E-state index is 12.7. The molecule has 0 aliphatic heterocycles. The molecule has 9 heteroatoms. The van der Waals surface area contributed by atoms with E-state index < -0.39 is 23.8 Å². The smallest absolute Gasteiger partial charge is 0.339 e. The molecule has 36 heavy (non-hydrogen) atoms. The van der Waals surface area contributed by atoms with E-state index in [-0.39, 0.29) is 38.0 Å². The molecule has 1 atom stereocenters. The molecule has 0 saturated carbocycles. The van der Waals surface area contributed by atoms with Gasteiger partial charge >= 0.3 is 11.6 Å². The zero-order valence-corrected chi connectivity index (χ0v) is 19.7. The van der Waals surface area contributed by atoms with Crippen LogP contribution >= 0.6 is 0 Å². The number of benzene rings is 2. The van der Waals surface area contributed by atoms with E-state index in [1.54, 1.807) is 12.1 Å². The number of aryl methyl sites for hydroxylation is 1. The van der Waals surface area contributed by atoms with Gasteiger partial charge in [0.1, 0.15) is 17.4 Å². The van der Waals surface area contributed by atoms with Crippen LogP contribution in [0.3, 0.4) is 0 Å². The van der Waals surface area contributed by atoms with Gasteiger partial charge in [0.25, 0.3) is 5.91 Å². The number of nitrogens with one attached hydrogen (secondary N) is 2. The van der Waals surface area contributed by atoms with Crippen molar-refractivity contribution in [2.45, 2.75) is 44.6 Å². The maximum Gasteiger partial charge on any atom is 0.339 e. The quantitative estimate of drug-likeness (QED) is 0.276. The topological polar surface area (TPSA) is 135 Å². The summed E-state index contributed by atoms with van der Waals surface area (Å²) in [5, 5.41) is 15.0. The molecule has 0 spiro atoms. The van der Waals surface area contributed by atoms with Gasteiger partial charge < -0.3 is 24.9 Å². The molecule has 0 unspecified atom stereocenters. The Balaban J connectivity index is 1.38. The molecule has 188 valence electrons. The second-order valence-electron chi connectivity index (χ2n) is 8.74. The van der Waals surface area contributed by atoms with E-state index in [2.05, 4.69) is 10.6 Å². The van der Waals surface area contributed by atoms with Crippen molar-refractivity contribution in [1.29, 1.82) is 0 Å². The number of carbonyl (C=O) groups is 3. The summed E-state index contributed by atoms with van der Waals surface area (Å²) in [6.07, 6.45) is 2.99. The first-order chi connectivity index (χ1) is 17.4. The Hall–Kier alpha value is -4.14. The molecule has 3 N–H and O–H groups in total. The Morgan fingerprint density at radius 1 is 1.06 bits per heavy atom. The number of aliphatic carboxylic acids is 1. The molecule has 2 amide bonds. The highest BCUT2D eigenvalue weighted by Crippen LogP contribution is 2.29. The summed E-state index contributed by atoms with van der Waals surface area (Å²) in [6.45, 7) is -0.146. The maximum absolute atomic E-state index is 12.7. The molecule has 1 aliphatic rings. The molecule has 1 aromatic heterocycles. The van der Waals surface area contributed by atoms with Gasteiger partial charge in [0, 0.05) is 36.4 Å². The van der Waals surface area contributed by atoms with E-state index >= 15 is 0 Å². The van der Waals surface area contributed by atoms with Crippen LogP contribution in [0, 0.1) is 0 Å². The highest BCUT2D eigenvalue weighted by atomic mass is 16.5. The fraction of sp³-hybridized carbons (Fsp3) is 0.333. The SMILES string of the molecule is O=C(O)CCCNC(=O)[C@H](Cc1ccccc1)NC(=O)COc1ccc2c3c(c(=O)oc2c1)CCC3. The number of hydrogen-bond acceptors (Lipinski definition) is 6. The molecule has 0 fully saturated rings. The zero-order valence-electron chi connectivity index (χ0n) is 19.7. The van der Waals surface area contributed by atoms with Crippen molar-refractivity contribution in [3.8, 4) is 5.75 Å². The number of carbonyl (C=O) groups excluding carboxylic acids is 2. The van der Waals surface area contributed by atoms with Crippen LogP contribution in [0.4, 0.5) is 0 Å². The summed E-state index contributed by atoms with van der Waals surface area (Å²) >= 11 is 0. The summed E-state index contributed by atoms with van der Waals surface area (Å²) in [5.74, 6) is -1.46. The van der Waals surface area contributed by atoms with Crippen LogP contribution in [0.25, 0.3) is 11.0 Å². The minimum atomic E-state index is -0.937. The van der Waals surface area contributed by atoms with E-state index in [1.165, 1.54) is 0 Å². The van der Waals surface area contributed by atoms with Crippen LogP contribution in [0.1, 0.15) is 36.0 Å². The van der Waals surface area contributed by atoms with Crippen molar-refractivity contribution in [3.63, 3.8) is 0 Å². The van der Waals surface area contributed by atoms with Crippen molar-refractivity contribution < 1.29 is 28.6 Å². The summed E-state index contributed by atoms with van der Waals surface area (Å²) in [6, 6.07) is 13.6. The van der Waals surface area contributed by atoms with Crippen LogP contribution in [0.5, 0.6) is 5.75 Å². The minimum absolute atomic E-state index is 0.0570. The Morgan fingerprint density at radius 2 is 1.83 bits per heavy atom. The molecular weight excluding hydrogens is 464 g/mol. The third-order valence-electron chi connectivity index (χ3n) is 6.12. The third kappa shape index (κ3) is 6.29. The summed E-state index contributed by atoms with van der Waals surface area (Å²) in [5.41, 5.74) is 2.70. The number of amides is 2. The molecule has 4 rings (SSSR count). The normalized spacial score (nSPS) is 13.1. The zero-order chi connectivity index (χ0) is 25.5. The van der Waals surface area contributed by atoms with Crippen LogP contribution in [-0.4, -0.2) is 42.1 Å². The van der Waals surface area contributed by atoms with E-state index in [0.717, 1.165) is 41.3 Å². The van der Waals surface area contributed by atoms with Crippen LogP contribution in [0.15, 0.2) is 57.7 Å². The molecule has 0 bridgehead atoms. The Morgan fingerprint density at radius 3 is 2.61 bits per heavy atom. The van der Waals surface area contributed by atoms with Crippen LogP contribution in [0.2, 0.25) is 0 Å². The molecular formula is C27H28N2O7. The van der Waals surface area contributed by atoms with Gasteiger partial charge in [0.15, 0.2) is 6.61 Å². The molecule has 0 saturated heterocycles. The molecule has 2 aromatic carbocycles. The number of rotatable bonds is 11. The van der Waals surface area contributed by atoms with Crippen LogP contribution < -0.4 is 21.0 Å². The largest absolute Gasteiger partial charge is 0.484 e. The second kappa shape index (κ2) is 11.5. The van der Waals surface area contributed by atoms with Crippen molar-refractivity contribution in [2.24, 2.45) is 0 Å². The van der Waals surface area contributed by atoms with E-state index in [4.69, 9.17) is 14.3 Å². The van der Waals surface area contributed by atoms with Gasteiger partial charge in [0.05, 0.1) is 0 Å². The number of carboxylic acids is 1. The van der Waals surface area contributed by atoms with Crippen molar-refractivity contribution in [3.05, 3.63) is 75.6 Å². The first kappa shape index (κ1) is 25.0. The van der Waals surface area contributed by atoms with Gasteiger partial charge in [-0.2, -0.15) is 0 Å². The van der Waals surface area contributed by atoms with E-state index in [9.17, 15) is 19.2 Å². The number of carboxylic acid groups (broad SMARTS) is 1. The Labute approximate surface area is 207 Å². The lowest BCUT2D eigenvalue weighted by Gasteiger charge is -2.19. The monoisotopic (exact) mass is 492 g/mol. The van der Waals surface area contributed by atoms with E-state index in [1.807, 2.05) is 36.4 Å². The lowest BCUT2D eigenvalue weighted by Crippen LogP contribution is -2.49. The fourth-order valence-electron chi connectivity index (χ4n) is 4.37. The standard InChI is InChI=1S/C27H28N2O7/c30-24(16-35-18-11-12-20-19-8-4-9-21(19)27(34)36-23(20)15-18)29-22(14-17-6-2-1-3-7-17)26(33)28-13-5-10-25(31)32/h1-3,6-7,11-12,15,22H,4-5,8-10,13-14,16H2,(H,28,33)(H,29,30)(H,31,32)/t22-/m0/s1. The first-order valence-corrected chi connectivity index (χ1v) is 11.9.